The van der Waals surface area contributed by atoms with Gasteiger partial charge in [0.1, 0.15) is 0 Å². The van der Waals surface area contributed by atoms with Crippen molar-refractivity contribution >= 4 is 35.5 Å². The number of rotatable bonds is 12. The zero-order chi connectivity index (χ0) is 19.7. The van der Waals surface area contributed by atoms with Gasteiger partial charge in [-0.15, -0.1) is 0 Å². The van der Waals surface area contributed by atoms with Gasteiger partial charge in [-0.25, -0.2) is 9.59 Å². The monoisotopic (exact) mass is 398 g/mol. The smallest absolute Gasteiger partial charge is 0.336 e. The van der Waals surface area contributed by atoms with Crippen LogP contribution >= 0.6 is 23.5 Å². The number of carbonyl (C=O) groups is 2. The quantitative estimate of drug-likeness (QED) is 0.470. The molecule has 0 atom stereocenters. The summed E-state index contributed by atoms with van der Waals surface area (Å²) in [7, 11) is 0. The van der Waals surface area contributed by atoms with Gasteiger partial charge in [0.15, 0.2) is 0 Å². The molecule has 4 nitrogen and oxygen atoms in total. The summed E-state index contributed by atoms with van der Waals surface area (Å²) < 4.78 is 0. The second kappa shape index (κ2) is 11.5. The molecule has 1 aromatic rings. The van der Waals surface area contributed by atoms with E-state index in [2.05, 4.69) is 27.7 Å². The fourth-order valence-corrected chi connectivity index (χ4v) is 4.35. The molecule has 0 aromatic heterocycles. The Labute approximate surface area is 165 Å². The van der Waals surface area contributed by atoms with E-state index in [-0.39, 0.29) is 11.1 Å². The number of carboxylic acids is 2. The van der Waals surface area contributed by atoms with Gasteiger partial charge in [-0.1, -0.05) is 33.8 Å². The van der Waals surface area contributed by atoms with Crippen molar-refractivity contribution in [2.45, 2.75) is 63.9 Å². The summed E-state index contributed by atoms with van der Waals surface area (Å²) in [5, 5.41) is 20.1. The molecule has 26 heavy (non-hydrogen) atoms. The van der Waals surface area contributed by atoms with Gasteiger partial charge < -0.3 is 10.2 Å². The SMILES string of the molecule is CC(C)SCCCc1ccc(C(=O)O)c(C(=O)O)c1CCCSC(C)C. The number of aryl methyl sites for hydroxylation is 1. The summed E-state index contributed by atoms with van der Waals surface area (Å²) in [4.78, 5) is 23.3. The zero-order valence-electron chi connectivity index (χ0n) is 16.1. The van der Waals surface area contributed by atoms with Crippen molar-refractivity contribution in [2.75, 3.05) is 11.5 Å². The first-order valence-corrected chi connectivity index (χ1v) is 11.2. The fourth-order valence-electron chi connectivity index (χ4n) is 2.78. The highest BCUT2D eigenvalue weighted by molar-refractivity contribution is 8.00. The molecule has 0 unspecified atom stereocenters. The number of benzene rings is 1. The van der Waals surface area contributed by atoms with Crippen LogP contribution in [0.5, 0.6) is 0 Å². The summed E-state index contributed by atoms with van der Waals surface area (Å²) in [6.45, 7) is 8.59. The molecular weight excluding hydrogens is 368 g/mol. The van der Waals surface area contributed by atoms with Gasteiger partial charge >= 0.3 is 11.9 Å². The first-order valence-electron chi connectivity index (χ1n) is 9.08. The summed E-state index contributed by atoms with van der Waals surface area (Å²) in [6.07, 6.45) is 3.20. The minimum absolute atomic E-state index is 0.0268. The van der Waals surface area contributed by atoms with Crippen LogP contribution in [0.25, 0.3) is 0 Å². The van der Waals surface area contributed by atoms with Crippen molar-refractivity contribution < 1.29 is 19.8 Å². The molecule has 1 rings (SSSR count). The van der Waals surface area contributed by atoms with E-state index in [4.69, 9.17) is 0 Å². The second-order valence-corrected chi connectivity index (χ2v) is 10.2. The van der Waals surface area contributed by atoms with Crippen LogP contribution < -0.4 is 0 Å². The average Bonchev–Trinajstić information content (AvgIpc) is 2.54. The summed E-state index contributed by atoms with van der Waals surface area (Å²) in [6, 6.07) is 3.25. The van der Waals surface area contributed by atoms with Crippen LogP contribution in [0.2, 0.25) is 0 Å². The van der Waals surface area contributed by atoms with Gasteiger partial charge in [0, 0.05) is 0 Å². The highest BCUT2D eigenvalue weighted by Crippen LogP contribution is 2.25. The summed E-state index contributed by atoms with van der Waals surface area (Å²) in [5.41, 5.74) is 1.55. The van der Waals surface area contributed by atoms with Crippen LogP contribution in [0.1, 0.15) is 72.4 Å². The Kier molecular flexibility index (Phi) is 10.2. The predicted molar refractivity (Wildman–Crippen MR) is 112 cm³/mol. The van der Waals surface area contributed by atoms with Crippen LogP contribution in [-0.2, 0) is 12.8 Å². The molecule has 0 radical (unpaired) electrons. The van der Waals surface area contributed by atoms with E-state index in [1.54, 1.807) is 6.07 Å². The van der Waals surface area contributed by atoms with Crippen molar-refractivity contribution in [3.63, 3.8) is 0 Å². The number of carboxylic acid groups (broad SMARTS) is 2. The molecule has 146 valence electrons. The topological polar surface area (TPSA) is 74.6 Å². The fraction of sp³-hybridized carbons (Fsp3) is 0.600. The molecule has 0 aliphatic rings. The molecule has 0 amide bonds. The van der Waals surface area contributed by atoms with Crippen molar-refractivity contribution in [2.24, 2.45) is 0 Å². The van der Waals surface area contributed by atoms with E-state index in [0.717, 1.165) is 36.3 Å². The Morgan fingerprint density at radius 3 is 1.88 bits per heavy atom. The predicted octanol–water partition coefficient (Wildman–Crippen LogP) is 5.23. The van der Waals surface area contributed by atoms with Gasteiger partial charge in [-0.2, -0.15) is 23.5 Å². The molecular formula is C20H30O4S2. The number of aromatic carboxylic acids is 2. The molecule has 0 saturated carbocycles. The third-order valence-corrected chi connectivity index (χ3v) is 6.30. The van der Waals surface area contributed by atoms with E-state index < -0.39 is 11.9 Å². The Morgan fingerprint density at radius 1 is 0.885 bits per heavy atom. The lowest BCUT2D eigenvalue weighted by Crippen LogP contribution is -2.14. The molecule has 0 aliphatic carbocycles. The maximum atomic E-state index is 11.8. The first kappa shape index (κ1) is 22.9. The second-order valence-electron chi connectivity index (χ2n) is 6.78. The van der Waals surface area contributed by atoms with Crippen LogP contribution in [-0.4, -0.2) is 44.2 Å². The normalized spacial score (nSPS) is 11.3. The number of hydrogen-bond donors (Lipinski definition) is 2. The number of hydrogen-bond acceptors (Lipinski definition) is 4. The molecule has 6 heteroatoms. The van der Waals surface area contributed by atoms with E-state index >= 15 is 0 Å². The zero-order valence-corrected chi connectivity index (χ0v) is 17.7. The van der Waals surface area contributed by atoms with Crippen molar-refractivity contribution in [3.05, 3.63) is 34.4 Å². The molecule has 0 heterocycles. The van der Waals surface area contributed by atoms with Crippen molar-refractivity contribution in [3.8, 4) is 0 Å². The highest BCUT2D eigenvalue weighted by atomic mass is 32.2. The standard InChI is InChI=1S/C20H30O4S2/c1-13(2)25-11-5-7-15-9-10-17(19(21)22)18(20(23)24)16(15)8-6-12-26-14(3)4/h9-10,13-14H,5-8,11-12H2,1-4H3,(H,21,22)(H,23,24). The molecule has 0 bridgehead atoms. The molecule has 0 aliphatic heterocycles. The molecule has 0 spiro atoms. The Bertz CT molecular complexity index is 612. The van der Waals surface area contributed by atoms with Crippen LogP contribution in [0.4, 0.5) is 0 Å². The Hall–Kier alpha value is -1.14. The molecule has 0 fully saturated rings. The van der Waals surface area contributed by atoms with E-state index in [9.17, 15) is 19.8 Å². The van der Waals surface area contributed by atoms with Crippen LogP contribution in [0.15, 0.2) is 12.1 Å². The van der Waals surface area contributed by atoms with Crippen LogP contribution in [0, 0.1) is 0 Å². The van der Waals surface area contributed by atoms with Gasteiger partial charge in [0.25, 0.3) is 0 Å². The van der Waals surface area contributed by atoms with Crippen molar-refractivity contribution in [1.29, 1.82) is 0 Å². The number of thioether (sulfide) groups is 2. The Balaban J connectivity index is 3.03. The summed E-state index contributed by atoms with van der Waals surface area (Å²) in [5.74, 6) is -0.366. The molecule has 2 N–H and O–H groups in total. The molecule has 1 aromatic carbocycles. The first-order chi connectivity index (χ1) is 12.2. The van der Waals surface area contributed by atoms with Gasteiger partial charge in [0.2, 0.25) is 0 Å². The minimum atomic E-state index is -1.18. The third kappa shape index (κ3) is 7.62. The minimum Gasteiger partial charge on any atom is -0.478 e. The lowest BCUT2D eigenvalue weighted by molar-refractivity contribution is 0.0650. The highest BCUT2D eigenvalue weighted by Gasteiger charge is 2.22. The Morgan fingerprint density at radius 2 is 1.42 bits per heavy atom. The maximum absolute atomic E-state index is 11.8. The average molecular weight is 399 g/mol. The lowest BCUT2D eigenvalue weighted by Gasteiger charge is -2.16. The van der Waals surface area contributed by atoms with E-state index in [0.29, 0.717) is 22.5 Å². The van der Waals surface area contributed by atoms with E-state index in [1.807, 2.05) is 23.5 Å². The van der Waals surface area contributed by atoms with Crippen LogP contribution in [0.3, 0.4) is 0 Å². The van der Waals surface area contributed by atoms with Gasteiger partial charge in [0.05, 0.1) is 11.1 Å². The summed E-state index contributed by atoms with van der Waals surface area (Å²) >= 11 is 3.72. The third-order valence-electron chi connectivity index (χ3n) is 3.92. The van der Waals surface area contributed by atoms with Gasteiger partial charge in [-0.3, -0.25) is 0 Å². The largest absolute Gasteiger partial charge is 0.478 e. The lowest BCUT2D eigenvalue weighted by atomic mass is 9.91. The van der Waals surface area contributed by atoms with E-state index in [1.165, 1.54) is 6.07 Å². The van der Waals surface area contributed by atoms with Gasteiger partial charge in [-0.05, 0) is 64.9 Å². The maximum Gasteiger partial charge on any atom is 0.336 e. The van der Waals surface area contributed by atoms with Crippen molar-refractivity contribution in [1.82, 2.24) is 0 Å². The molecule has 0 saturated heterocycles.